The van der Waals surface area contributed by atoms with Crippen LogP contribution in [0.3, 0.4) is 0 Å². The smallest absolute Gasteiger partial charge is 0.326 e. The van der Waals surface area contributed by atoms with Crippen molar-refractivity contribution in [1.29, 1.82) is 0 Å². The molecule has 0 spiro atoms. The third kappa shape index (κ3) is 5.91. The van der Waals surface area contributed by atoms with Crippen molar-refractivity contribution in [2.75, 3.05) is 0 Å². The van der Waals surface area contributed by atoms with E-state index in [4.69, 9.17) is 21.1 Å². The van der Waals surface area contributed by atoms with Crippen molar-refractivity contribution in [2.24, 2.45) is 0 Å². The molecule has 0 unspecified atom stereocenters. The summed E-state index contributed by atoms with van der Waals surface area (Å²) in [6.07, 6.45) is -0.903. The highest BCUT2D eigenvalue weighted by Crippen LogP contribution is 2.36. The van der Waals surface area contributed by atoms with Gasteiger partial charge in [-0.2, -0.15) is 0 Å². The van der Waals surface area contributed by atoms with E-state index in [1.807, 2.05) is 67.6 Å². The number of carboxylic acid groups (broad SMARTS) is 1. The Morgan fingerprint density at radius 3 is 2.28 bits per heavy atom. The molecule has 39 heavy (non-hydrogen) atoms. The Balaban J connectivity index is 1.47. The van der Waals surface area contributed by atoms with E-state index in [-0.39, 0.29) is 13.0 Å². The third-order valence-corrected chi connectivity index (χ3v) is 7.11. The zero-order valence-electron chi connectivity index (χ0n) is 21.4. The van der Waals surface area contributed by atoms with E-state index in [0.29, 0.717) is 28.7 Å². The van der Waals surface area contributed by atoms with Gasteiger partial charge in [0.15, 0.2) is 0 Å². The fourth-order valence-electron chi connectivity index (χ4n) is 4.83. The van der Waals surface area contributed by atoms with E-state index in [0.717, 1.165) is 22.3 Å². The maximum atomic E-state index is 14.0. The van der Waals surface area contributed by atoms with Crippen LogP contribution in [-0.2, 0) is 29.2 Å². The number of halogens is 1. The first-order chi connectivity index (χ1) is 18.9. The van der Waals surface area contributed by atoms with E-state index >= 15 is 0 Å². The molecule has 5 rings (SSSR count). The first-order valence-corrected chi connectivity index (χ1v) is 13.1. The normalized spacial score (nSPS) is 15.2. The lowest BCUT2D eigenvalue weighted by Crippen LogP contribution is -2.51. The third-order valence-electron chi connectivity index (χ3n) is 6.86. The average molecular weight is 542 g/mol. The predicted molar refractivity (Wildman–Crippen MR) is 149 cm³/mol. The molecule has 198 valence electrons. The molecule has 0 aromatic heterocycles. The minimum Gasteiger partial charge on any atom is -0.488 e. The quantitative estimate of drug-likeness (QED) is 0.280. The Morgan fingerprint density at radius 1 is 0.949 bits per heavy atom. The highest BCUT2D eigenvalue weighted by Gasteiger charge is 2.40. The number of ether oxygens (including phenoxy) is 2. The fraction of sp³-hybridized carbons (Fsp3) is 0.188. The van der Waals surface area contributed by atoms with Crippen molar-refractivity contribution in [2.45, 2.75) is 38.6 Å². The van der Waals surface area contributed by atoms with Gasteiger partial charge in [0.05, 0.1) is 0 Å². The molecule has 0 saturated heterocycles. The summed E-state index contributed by atoms with van der Waals surface area (Å²) in [5.74, 6) is -0.380. The number of rotatable bonds is 8. The molecule has 1 aliphatic rings. The molecule has 4 aromatic rings. The molecule has 0 bridgehead atoms. The zero-order valence-corrected chi connectivity index (χ0v) is 22.2. The summed E-state index contributed by atoms with van der Waals surface area (Å²) >= 11 is 6.03. The minimum atomic E-state index is -1.08. The first-order valence-electron chi connectivity index (χ1n) is 12.7. The number of carbonyl (C=O) groups excluding carboxylic acids is 1. The number of nitrogens with zero attached hydrogens (tertiary/aromatic N) is 1. The van der Waals surface area contributed by atoms with Gasteiger partial charge >= 0.3 is 5.97 Å². The summed E-state index contributed by atoms with van der Waals surface area (Å²) in [6.45, 7) is 2.43. The number of fused-ring (bicyclic) bond motifs is 1. The van der Waals surface area contributed by atoms with Gasteiger partial charge in [0.1, 0.15) is 24.1 Å². The van der Waals surface area contributed by atoms with Gasteiger partial charge in [0.25, 0.3) is 5.91 Å². The Hall–Kier alpha value is -4.29. The van der Waals surface area contributed by atoms with Gasteiger partial charge in [0.2, 0.25) is 6.10 Å². The molecule has 0 radical (unpaired) electrons. The van der Waals surface area contributed by atoms with Crippen LogP contribution in [0.15, 0.2) is 97.1 Å². The SMILES string of the molecule is Cc1ccc2c(c1OCc1ccccc1)C[C@H](C(=O)O)N(C(=O)[C@H](Oc1ccc(Cl)cc1)c1ccccc1)C2. The lowest BCUT2D eigenvalue weighted by molar-refractivity contribution is -0.155. The molecule has 1 aliphatic heterocycles. The summed E-state index contributed by atoms with van der Waals surface area (Å²) in [5.41, 5.74) is 4.23. The van der Waals surface area contributed by atoms with Gasteiger partial charge in [-0.05, 0) is 47.9 Å². The zero-order chi connectivity index (χ0) is 27.4. The van der Waals surface area contributed by atoms with E-state index in [1.54, 1.807) is 36.4 Å². The maximum absolute atomic E-state index is 14.0. The maximum Gasteiger partial charge on any atom is 0.326 e. The number of hydrogen-bond donors (Lipinski definition) is 1. The van der Waals surface area contributed by atoms with E-state index in [2.05, 4.69) is 0 Å². The molecule has 7 heteroatoms. The molecule has 0 saturated carbocycles. The summed E-state index contributed by atoms with van der Waals surface area (Å²) in [4.78, 5) is 28.0. The molecule has 1 heterocycles. The summed E-state index contributed by atoms with van der Waals surface area (Å²) in [7, 11) is 0. The van der Waals surface area contributed by atoms with Crippen LogP contribution < -0.4 is 9.47 Å². The van der Waals surface area contributed by atoms with Crippen molar-refractivity contribution in [3.63, 3.8) is 0 Å². The van der Waals surface area contributed by atoms with Crippen molar-refractivity contribution < 1.29 is 24.2 Å². The second-order valence-electron chi connectivity index (χ2n) is 9.51. The van der Waals surface area contributed by atoms with Crippen LogP contribution in [0, 0.1) is 6.92 Å². The van der Waals surface area contributed by atoms with Crippen LogP contribution in [-0.4, -0.2) is 27.9 Å². The molecule has 0 aliphatic carbocycles. The minimum absolute atomic E-state index is 0.125. The van der Waals surface area contributed by atoms with Crippen molar-refractivity contribution in [3.05, 3.63) is 130 Å². The standard InChI is InChI=1S/C32H28ClNO5/c1-21-12-13-24-19-34(28(32(36)37)18-27(24)29(21)38-20-22-8-4-2-5-9-22)31(35)30(23-10-6-3-7-11-23)39-26-16-14-25(33)15-17-26/h2-17,28,30H,18-20H2,1H3,(H,36,37)/t28-,30-/m1/s1. The van der Waals surface area contributed by atoms with Gasteiger partial charge in [-0.25, -0.2) is 4.79 Å². The number of aryl methyl sites for hydroxylation is 1. The Labute approximate surface area is 232 Å². The molecule has 0 fully saturated rings. The van der Waals surface area contributed by atoms with Crippen molar-refractivity contribution in [3.8, 4) is 11.5 Å². The average Bonchev–Trinajstić information content (AvgIpc) is 2.96. The van der Waals surface area contributed by atoms with Crippen LogP contribution in [0.4, 0.5) is 0 Å². The molecule has 4 aromatic carbocycles. The number of carboxylic acids is 1. The molecule has 2 atom stereocenters. The molecule has 1 N–H and O–H groups in total. The van der Waals surface area contributed by atoms with Gasteiger partial charge < -0.3 is 19.5 Å². The van der Waals surface area contributed by atoms with Gasteiger partial charge in [0, 0.05) is 29.1 Å². The number of carbonyl (C=O) groups is 2. The highest BCUT2D eigenvalue weighted by atomic mass is 35.5. The topological polar surface area (TPSA) is 76.1 Å². The summed E-state index contributed by atoms with van der Waals surface area (Å²) in [6, 6.07) is 28.4. The fourth-order valence-corrected chi connectivity index (χ4v) is 4.95. The molecular formula is C32H28ClNO5. The van der Waals surface area contributed by atoms with Crippen LogP contribution in [0.5, 0.6) is 11.5 Å². The largest absolute Gasteiger partial charge is 0.488 e. The first kappa shape index (κ1) is 26.3. The number of hydrogen-bond acceptors (Lipinski definition) is 4. The summed E-state index contributed by atoms with van der Waals surface area (Å²) in [5, 5.41) is 10.8. The molecular weight excluding hydrogens is 514 g/mol. The molecule has 6 nitrogen and oxygen atoms in total. The summed E-state index contributed by atoms with van der Waals surface area (Å²) < 4.78 is 12.4. The van der Waals surface area contributed by atoms with Crippen molar-refractivity contribution >= 4 is 23.5 Å². The Bertz CT molecular complexity index is 1460. The Kier molecular flexibility index (Phi) is 7.84. The number of amides is 1. The van der Waals surface area contributed by atoms with Crippen LogP contribution in [0.2, 0.25) is 5.02 Å². The van der Waals surface area contributed by atoms with Crippen LogP contribution >= 0.6 is 11.6 Å². The highest BCUT2D eigenvalue weighted by molar-refractivity contribution is 6.30. The van der Waals surface area contributed by atoms with E-state index in [1.165, 1.54) is 4.90 Å². The van der Waals surface area contributed by atoms with Gasteiger partial charge in [-0.3, -0.25) is 4.79 Å². The monoisotopic (exact) mass is 541 g/mol. The lowest BCUT2D eigenvalue weighted by Gasteiger charge is -2.37. The Morgan fingerprint density at radius 2 is 1.62 bits per heavy atom. The van der Waals surface area contributed by atoms with Gasteiger partial charge in [-0.1, -0.05) is 84.4 Å². The number of benzene rings is 4. The van der Waals surface area contributed by atoms with Gasteiger partial charge in [-0.15, -0.1) is 0 Å². The second-order valence-corrected chi connectivity index (χ2v) is 9.95. The lowest BCUT2D eigenvalue weighted by atomic mass is 9.90. The van der Waals surface area contributed by atoms with Crippen LogP contribution in [0.25, 0.3) is 0 Å². The number of aliphatic carboxylic acids is 1. The second kappa shape index (κ2) is 11.6. The predicted octanol–water partition coefficient (Wildman–Crippen LogP) is 6.39. The van der Waals surface area contributed by atoms with Crippen molar-refractivity contribution in [1.82, 2.24) is 4.90 Å². The molecule has 1 amide bonds. The van der Waals surface area contributed by atoms with E-state index < -0.39 is 24.0 Å². The van der Waals surface area contributed by atoms with E-state index in [9.17, 15) is 14.7 Å². The van der Waals surface area contributed by atoms with Crippen LogP contribution in [0.1, 0.15) is 33.9 Å².